The molecule has 0 fully saturated rings. The normalized spacial score (nSPS) is 9.68. The molecule has 0 spiro atoms. The summed E-state index contributed by atoms with van der Waals surface area (Å²) in [4.78, 5) is 23.7. The van der Waals surface area contributed by atoms with Crippen LogP contribution in [0.3, 0.4) is 0 Å². The van der Waals surface area contributed by atoms with Gasteiger partial charge in [-0.1, -0.05) is 29.8 Å². The third-order valence-electron chi connectivity index (χ3n) is 2.93. The number of hydrogen-bond acceptors (Lipinski definition) is 3. The molecule has 0 saturated heterocycles. The number of nitrogens with one attached hydrogen (secondary N) is 2. The van der Waals surface area contributed by atoms with Crippen molar-refractivity contribution < 1.29 is 9.59 Å². The SMILES string of the molecule is Cc1ccc(NC(=O)C(=O)Nc2ccccc2C#N)cc1Cl. The van der Waals surface area contributed by atoms with Crippen LogP contribution in [-0.2, 0) is 9.59 Å². The first-order valence-electron chi connectivity index (χ1n) is 6.39. The number of carbonyl (C=O) groups is 2. The molecule has 2 amide bonds. The molecule has 22 heavy (non-hydrogen) atoms. The smallest absolute Gasteiger partial charge is 0.314 e. The fourth-order valence-electron chi connectivity index (χ4n) is 1.73. The number of nitriles is 1. The summed E-state index contributed by atoms with van der Waals surface area (Å²) in [7, 11) is 0. The van der Waals surface area contributed by atoms with Crippen LogP contribution in [0.1, 0.15) is 11.1 Å². The Balaban J connectivity index is 2.08. The molecule has 0 aromatic heterocycles. The maximum atomic E-state index is 11.9. The number of halogens is 1. The molecule has 2 N–H and O–H groups in total. The molecule has 0 saturated carbocycles. The van der Waals surface area contributed by atoms with E-state index in [9.17, 15) is 9.59 Å². The number of carbonyl (C=O) groups excluding carboxylic acids is 2. The van der Waals surface area contributed by atoms with E-state index in [1.807, 2.05) is 13.0 Å². The van der Waals surface area contributed by atoms with E-state index < -0.39 is 11.8 Å². The monoisotopic (exact) mass is 313 g/mol. The van der Waals surface area contributed by atoms with E-state index in [2.05, 4.69) is 10.6 Å². The van der Waals surface area contributed by atoms with Gasteiger partial charge >= 0.3 is 11.8 Å². The maximum Gasteiger partial charge on any atom is 0.314 e. The standard InChI is InChI=1S/C16H12ClN3O2/c1-10-6-7-12(8-13(10)17)19-15(21)16(22)20-14-5-3-2-4-11(14)9-18/h2-8H,1H3,(H,19,21)(H,20,22). The minimum Gasteiger partial charge on any atom is -0.318 e. The quantitative estimate of drug-likeness (QED) is 0.836. The van der Waals surface area contributed by atoms with Crippen molar-refractivity contribution >= 4 is 34.8 Å². The number of amides is 2. The number of nitrogens with zero attached hydrogens (tertiary/aromatic N) is 1. The van der Waals surface area contributed by atoms with Crippen LogP contribution in [0.2, 0.25) is 5.02 Å². The van der Waals surface area contributed by atoms with Gasteiger partial charge in [0.1, 0.15) is 6.07 Å². The lowest BCUT2D eigenvalue weighted by molar-refractivity contribution is -0.133. The van der Waals surface area contributed by atoms with Gasteiger partial charge in [0, 0.05) is 10.7 Å². The van der Waals surface area contributed by atoms with E-state index in [0.29, 0.717) is 10.7 Å². The summed E-state index contributed by atoms with van der Waals surface area (Å²) in [5.74, 6) is -1.70. The fraction of sp³-hybridized carbons (Fsp3) is 0.0625. The molecule has 0 aliphatic heterocycles. The average molecular weight is 314 g/mol. The highest BCUT2D eigenvalue weighted by atomic mass is 35.5. The van der Waals surface area contributed by atoms with Crippen molar-refractivity contribution in [2.75, 3.05) is 10.6 Å². The van der Waals surface area contributed by atoms with Gasteiger partial charge in [-0.3, -0.25) is 9.59 Å². The molecule has 0 atom stereocenters. The van der Waals surface area contributed by atoms with Crippen molar-refractivity contribution in [3.05, 3.63) is 58.6 Å². The van der Waals surface area contributed by atoms with Crippen molar-refractivity contribution in [2.45, 2.75) is 6.92 Å². The highest BCUT2D eigenvalue weighted by Gasteiger charge is 2.15. The van der Waals surface area contributed by atoms with E-state index in [1.165, 1.54) is 0 Å². The maximum absolute atomic E-state index is 11.9. The largest absolute Gasteiger partial charge is 0.318 e. The van der Waals surface area contributed by atoms with Gasteiger partial charge in [-0.25, -0.2) is 0 Å². The van der Waals surface area contributed by atoms with E-state index in [1.54, 1.807) is 42.5 Å². The fourth-order valence-corrected chi connectivity index (χ4v) is 1.91. The number of rotatable bonds is 2. The van der Waals surface area contributed by atoms with Gasteiger partial charge in [-0.2, -0.15) is 5.26 Å². The Bertz CT molecular complexity index is 781. The molecule has 0 bridgehead atoms. The van der Waals surface area contributed by atoms with Gasteiger partial charge in [-0.15, -0.1) is 0 Å². The second-order valence-corrected chi connectivity index (χ2v) is 4.94. The summed E-state index contributed by atoms with van der Waals surface area (Å²) < 4.78 is 0. The molecule has 0 heterocycles. The summed E-state index contributed by atoms with van der Waals surface area (Å²) in [6.07, 6.45) is 0. The highest BCUT2D eigenvalue weighted by molar-refractivity contribution is 6.44. The summed E-state index contributed by atoms with van der Waals surface area (Å²) in [5.41, 5.74) is 1.85. The first-order valence-corrected chi connectivity index (χ1v) is 6.76. The molecule has 0 radical (unpaired) electrons. The van der Waals surface area contributed by atoms with Gasteiger partial charge in [0.05, 0.1) is 11.3 Å². The van der Waals surface area contributed by atoms with Crippen molar-refractivity contribution in [3.8, 4) is 6.07 Å². The van der Waals surface area contributed by atoms with Crippen LogP contribution in [0, 0.1) is 18.3 Å². The Kier molecular flexibility index (Phi) is 4.77. The number of aryl methyl sites for hydroxylation is 1. The van der Waals surface area contributed by atoms with Crippen molar-refractivity contribution in [2.24, 2.45) is 0 Å². The van der Waals surface area contributed by atoms with Crippen molar-refractivity contribution in [1.82, 2.24) is 0 Å². The Morgan fingerprint density at radius 2 is 1.77 bits per heavy atom. The minimum absolute atomic E-state index is 0.280. The average Bonchev–Trinajstić information content (AvgIpc) is 2.51. The van der Waals surface area contributed by atoms with Gasteiger partial charge in [0.2, 0.25) is 0 Å². The third kappa shape index (κ3) is 3.62. The number of benzene rings is 2. The van der Waals surface area contributed by atoms with E-state index in [-0.39, 0.29) is 11.3 Å². The van der Waals surface area contributed by atoms with Crippen molar-refractivity contribution in [1.29, 1.82) is 5.26 Å². The molecule has 6 heteroatoms. The van der Waals surface area contributed by atoms with Crippen LogP contribution >= 0.6 is 11.6 Å². The lowest BCUT2D eigenvalue weighted by Gasteiger charge is -2.08. The second kappa shape index (κ2) is 6.74. The van der Waals surface area contributed by atoms with Crippen LogP contribution < -0.4 is 10.6 Å². The lowest BCUT2D eigenvalue weighted by atomic mass is 10.2. The lowest BCUT2D eigenvalue weighted by Crippen LogP contribution is -2.29. The predicted octanol–water partition coefficient (Wildman–Crippen LogP) is 3.10. The molecule has 0 aliphatic rings. The summed E-state index contributed by atoms with van der Waals surface area (Å²) in [6, 6.07) is 13.3. The molecule has 2 rings (SSSR count). The highest BCUT2D eigenvalue weighted by Crippen LogP contribution is 2.20. The first-order chi connectivity index (χ1) is 10.5. The molecular formula is C16H12ClN3O2. The Labute approximate surface area is 132 Å². The van der Waals surface area contributed by atoms with Crippen LogP contribution in [0.4, 0.5) is 11.4 Å². The predicted molar refractivity (Wildman–Crippen MR) is 84.6 cm³/mol. The zero-order valence-corrected chi connectivity index (χ0v) is 12.4. The summed E-state index contributed by atoms with van der Waals surface area (Å²) in [6.45, 7) is 1.83. The van der Waals surface area contributed by atoms with Crippen molar-refractivity contribution in [3.63, 3.8) is 0 Å². The van der Waals surface area contributed by atoms with E-state index in [4.69, 9.17) is 16.9 Å². The third-order valence-corrected chi connectivity index (χ3v) is 3.34. The first kappa shape index (κ1) is 15.5. The number of anilines is 2. The molecule has 0 aliphatic carbocycles. The van der Waals surface area contributed by atoms with Crippen LogP contribution in [0.5, 0.6) is 0 Å². The Morgan fingerprint density at radius 1 is 1.09 bits per heavy atom. The zero-order valence-electron chi connectivity index (χ0n) is 11.7. The minimum atomic E-state index is -0.862. The Morgan fingerprint density at radius 3 is 2.45 bits per heavy atom. The van der Waals surface area contributed by atoms with Crippen LogP contribution in [-0.4, -0.2) is 11.8 Å². The van der Waals surface area contributed by atoms with E-state index in [0.717, 1.165) is 5.56 Å². The molecule has 2 aromatic carbocycles. The van der Waals surface area contributed by atoms with Gasteiger partial charge in [0.25, 0.3) is 0 Å². The number of para-hydroxylation sites is 1. The summed E-state index contributed by atoms with van der Waals surface area (Å²) >= 11 is 5.96. The molecule has 5 nitrogen and oxygen atoms in total. The second-order valence-electron chi connectivity index (χ2n) is 4.53. The Hall–Kier alpha value is -2.84. The van der Waals surface area contributed by atoms with Gasteiger partial charge in [0.15, 0.2) is 0 Å². The molecule has 2 aromatic rings. The van der Waals surface area contributed by atoms with Crippen LogP contribution in [0.25, 0.3) is 0 Å². The molecule has 0 unspecified atom stereocenters. The van der Waals surface area contributed by atoms with E-state index >= 15 is 0 Å². The molecular weight excluding hydrogens is 302 g/mol. The summed E-state index contributed by atoms with van der Waals surface area (Å²) in [5, 5.41) is 14.3. The van der Waals surface area contributed by atoms with Gasteiger partial charge < -0.3 is 10.6 Å². The number of hydrogen-bond donors (Lipinski definition) is 2. The topological polar surface area (TPSA) is 82.0 Å². The van der Waals surface area contributed by atoms with Gasteiger partial charge in [-0.05, 0) is 36.8 Å². The molecule has 110 valence electrons. The zero-order chi connectivity index (χ0) is 16.1. The van der Waals surface area contributed by atoms with Crippen LogP contribution in [0.15, 0.2) is 42.5 Å².